The Morgan fingerprint density at radius 2 is 1.50 bits per heavy atom. The Kier molecular flexibility index (Phi) is 4.99. The molecule has 9 heteroatoms. The molecular weight excluding hydrogens is 350 g/mol. The molecule has 134 valence electrons. The molecule has 0 spiro atoms. The van der Waals surface area contributed by atoms with E-state index in [1.54, 1.807) is 12.1 Å². The number of sulfonamides is 2. The molecule has 2 fully saturated rings. The van der Waals surface area contributed by atoms with Crippen molar-refractivity contribution in [1.82, 2.24) is 8.61 Å². The molecule has 0 aliphatic carbocycles. The Hall–Kier alpha value is -1.00. The third-order valence-electron chi connectivity index (χ3n) is 4.71. The zero-order chi connectivity index (χ0) is 17.4. The second kappa shape index (κ2) is 6.72. The van der Waals surface area contributed by atoms with Crippen molar-refractivity contribution in [3.8, 4) is 0 Å². The van der Waals surface area contributed by atoms with E-state index in [9.17, 15) is 16.8 Å². The first kappa shape index (κ1) is 17.8. The standard InChI is InChI=1S/C15H23N3O4S2/c16-12-13-6-5-11-18(13)24(21,22)15-8-2-1-7-14(15)23(19,20)17-9-3-4-10-17/h1-2,7-8,13H,3-6,9-12,16H2. The molecule has 1 aromatic rings. The lowest BCUT2D eigenvalue weighted by Gasteiger charge is -2.25. The summed E-state index contributed by atoms with van der Waals surface area (Å²) >= 11 is 0. The first-order valence-corrected chi connectivity index (χ1v) is 11.1. The highest BCUT2D eigenvalue weighted by molar-refractivity contribution is 7.92. The van der Waals surface area contributed by atoms with Crippen molar-refractivity contribution in [2.75, 3.05) is 26.2 Å². The fourth-order valence-corrected chi connectivity index (χ4v) is 7.43. The van der Waals surface area contributed by atoms with E-state index in [4.69, 9.17) is 5.73 Å². The summed E-state index contributed by atoms with van der Waals surface area (Å²) in [4.78, 5) is -0.271. The van der Waals surface area contributed by atoms with Crippen LogP contribution in [0.4, 0.5) is 0 Å². The van der Waals surface area contributed by atoms with Crippen LogP contribution in [0.2, 0.25) is 0 Å². The van der Waals surface area contributed by atoms with Gasteiger partial charge < -0.3 is 5.73 Å². The molecule has 2 N–H and O–H groups in total. The third kappa shape index (κ3) is 2.99. The summed E-state index contributed by atoms with van der Waals surface area (Å²) < 4.78 is 54.6. The summed E-state index contributed by atoms with van der Waals surface area (Å²) in [6.07, 6.45) is 3.05. The molecular formula is C15H23N3O4S2. The Bertz CT molecular complexity index is 802. The van der Waals surface area contributed by atoms with Crippen LogP contribution in [0.15, 0.2) is 34.1 Å². The van der Waals surface area contributed by atoms with Crippen LogP contribution < -0.4 is 5.73 Å². The number of rotatable bonds is 5. The number of nitrogens with two attached hydrogens (primary N) is 1. The summed E-state index contributed by atoms with van der Waals surface area (Å²) in [6, 6.07) is 5.62. The SMILES string of the molecule is NCC1CCCN1S(=O)(=O)c1ccccc1S(=O)(=O)N1CCCC1. The lowest BCUT2D eigenvalue weighted by Crippen LogP contribution is -2.40. The molecule has 1 unspecified atom stereocenters. The van der Waals surface area contributed by atoms with E-state index in [-0.39, 0.29) is 22.4 Å². The number of hydrogen-bond donors (Lipinski definition) is 1. The normalized spacial score (nSPS) is 23.8. The first-order valence-electron chi connectivity index (χ1n) is 8.20. The molecule has 0 bridgehead atoms. The van der Waals surface area contributed by atoms with Crippen molar-refractivity contribution in [3.05, 3.63) is 24.3 Å². The maximum atomic E-state index is 13.1. The second-order valence-corrected chi connectivity index (χ2v) is 9.97. The van der Waals surface area contributed by atoms with Gasteiger partial charge in [0.2, 0.25) is 20.0 Å². The van der Waals surface area contributed by atoms with Crippen LogP contribution in [0.1, 0.15) is 25.7 Å². The highest BCUT2D eigenvalue weighted by atomic mass is 32.2. The molecule has 0 saturated carbocycles. The van der Waals surface area contributed by atoms with E-state index in [0.717, 1.165) is 19.3 Å². The molecule has 2 aliphatic rings. The van der Waals surface area contributed by atoms with E-state index in [0.29, 0.717) is 26.1 Å². The quantitative estimate of drug-likeness (QED) is 0.814. The zero-order valence-electron chi connectivity index (χ0n) is 13.5. The maximum absolute atomic E-state index is 13.1. The van der Waals surface area contributed by atoms with Crippen LogP contribution in [0.25, 0.3) is 0 Å². The van der Waals surface area contributed by atoms with Crippen LogP contribution in [-0.4, -0.2) is 57.7 Å². The molecule has 7 nitrogen and oxygen atoms in total. The van der Waals surface area contributed by atoms with E-state index < -0.39 is 20.0 Å². The molecule has 1 aromatic carbocycles. The highest BCUT2D eigenvalue weighted by Crippen LogP contribution is 2.31. The van der Waals surface area contributed by atoms with Crippen LogP contribution in [0, 0.1) is 0 Å². The average molecular weight is 374 g/mol. The fraction of sp³-hybridized carbons (Fsp3) is 0.600. The van der Waals surface area contributed by atoms with Crippen molar-refractivity contribution in [2.45, 2.75) is 41.5 Å². The number of hydrogen-bond acceptors (Lipinski definition) is 5. The van der Waals surface area contributed by atoms with Gasteiger partial charge in [-0.25, -0.2) is 16.8 Å². The Morgan fingerprint density at radius 1 is 0.917 bits per heavy atom. The highest BCUT2D eigenvalue weighted by Gasteiger charge is 2.39. The van der Waals surface area contributed by atoms with E-state index in [1.165, 1.54) is 20.7 Å². The van der Waals surface area contributed by atoms with Crippen LogP contribution in [0.3, 0.4) is 0 Å². The lowest BCUT2D eigenvalue weighted by atomic mass is 10.2. The van der Waals surface area contributed by atoms with E-state index in [2.05, 4.69) is 0 Å². The minimum Gasteiger partial charge on any atom is -0.329 e. The van der Waals surface area contributed by atoms with Crippen molar-refractivity contribution < 1.29 is 16.8 Å². The van der Waals surface area contributed by atoms with Gasteiger partial charge in [-0.1, -0.05) is 12.1 Å². The van der Waals surface area contributed by atoms with Gasteiger partial charge in [0, 0.05) is 32.2 Å². The molecule has 2 saturated heterocycles. The van der Waals surface area contributed by atoms with Crippen molar-refractivity contribution >= 4 is 20.0 Å². The van der Waals surface area contributed by atoms with Crippen LogP contribution in [0.5, 0.6) is 0 Å². The fourth-order valence-electron chi connectivity index (χ4n) is 3.43. The van der Waals surface area contributed by atoms with Gasteiger partial charge in [-0.05, 0) is 37.8 Å². The summed E-state index contributed by atoms with van der Waals surface area (Å²) in [5.74, 6) is 0. The van der Waals surface area contributed by atoms with Crippen LogP contribution >= 0.6 is 0 Å². The molecule has 1 atom stereocenters. The Labute approximate surface area is 143 Å². The molecule has 24 heavy (non-hydrogen) atoms. The molecule has 0 radical (unpaired) electrons. The average Bonchev–Trinajstić information content (AvgIpc) is 3.26. The largest absolute Gasteiger partial charge is 0.329 e. The number of benzene rings is 1. The predicted octanol–water partition coefficient (Wildman–Crippen LogP) is 0.583. The summed E-state index contributed by atoms with van der Waals surface area (Å²) in [5.41, 5.74) is 5.69. The molecule has 2 heterocycles. The van der Waals surface area contributed by atoms with Crippen molar-refractivity contribution in [2.24, 2.45) is 5.73 Å². The zero-order valence-corrected chi connectivity index (χ0v) is 15.1. The minimum absolute atomic E-state index is 0.130. The van der Waals surface area contributed by atoms with E-state index in [1.807, 2.05) is 0 Å². The van der Waals surface area contributed by atoms with Gasteiger partial charge in [-0.3, -0.25) is 0 Å². The second-order valence-electron chi connectivity index (χ2n) is 6.21. The summed E-state index contributed by atoms with van der Waals surface area (Å²) in [5, 5.41) is 0. The third-order valence-corrected chi connectivity index (χ3v) is 8.81. The van der Waals surface area contributed by atoms with Gasteiger partial charge in [0.25, 0.3) is 0 Å². The molecule has 2 aliphatic heterocycles. The Balaban J connectivity index is 2.06. The van der Waals surface area contributed by atoms with Gasteiger partial charge in [0.15, 0.2) is 0 Å². The van der Waals surface area contributed by atoms with Gasteiger partial charge in [-0.2, -0.15) is 8.61 Å². The molecule has 0 amide bonds. The van der Waals surface area contributed by atoms with Gasteiger partial charge in [0.05, 0.1) is 0 Å². The number of nitrogens with zero attached hydrogens (tertiary/aromatic N) is 2. The van der Waals surface area contributed by atoms with E-state index >= 15 is 0 Å². The summed E-state index contributed by atoms with van der Waals surface area (Å²) in [6.45, 7) is 1.49. The predicted molar refractivity (Wildman–Crippen MR) is 90.4 cm³/mol. The van der Waals surface area contributed by atoms with Crippen molar-refractivity contribution in [1.29, 1.82) is 0 Å². The summed E-state index contributed by atoms with van der Waals surface area (Å²) in [7, 11) is -7.71. The van der Waals surface area contributed by atoms with Crippen molar-refractivity contribution in [3.63, 3.8) is 0 Å². The maximum Gasteiger partial charge on any atom is 0.244 e. The smallest absolute Gasteiger partial charge is 0.244 e. The van der Waals surface area contributed by atoms with Gasteiger partial charge in [0.1, 0.15) is 9.79 Å². The molecule has 3 rings (SSSR count). The van der Waals surface area contributed by atoms with Crippen LogP contribution in [-0.2, 0) is 20.0 Å². The Morgan fingerprint density at radius 3 is 2.08 bits per heavy atom. The van der Waals surface area contributed by atoms with Gasteiger partial charge in [-0.15, -0.1) is 0 Å². The topological polar surface area (TPSA) is 101 Å². The minimum atomic E-state index is -3.90. The monoisotopic (exact) mass is 373 g/mol. The molecule has 0 aromatic heterocycles. The first-order chi connectivity index (χ1) is 11.4. The lowest BCUT2D eigenvalue weighted by molar-refractivity contribution is 0.391. The van der Waals surface area contributed by atoms with Gasteiger partial charge >= 0.3 is 0 Å².